The predicted octanol–water partition coefficient (Wildman–Crippen LogP) is 13.7. The first-order valence-corrected chi connectivity index (χ1v) is 18.1. The molecule has 0 N–H and O–H groups in total. The number of nitrogens with zero attached hydrogens (tertiary/aromatic N) is 2. The normalized spacial score (nSPS) is 11.4. The molecular weight excluding hydrogens is 641 g/mol. The van der Waals surface area contributed by atoms with Crippen LogP contribution in [0.25, 0.3) is 94.2 Å². The van der Waals surface area contributed by atoms with Gasteiger partial charge in [0.25, 0.3) is 0 Å². The Labute approximate surface area is 308 Å². The highest BCUT2D eigenvalue weighted by molar-refractivity contribution is 6.09. The van der Waals surface area contributed by atoms with E-state index in [9.17, 15) is 0 Å². The highest BCUT2D eigenvalue weighted by Crippen LogP contribution is 2.39. The van der Waals surface area contributed by atoms with Crippen molar-refractivity contribution < 1.29 is 0 Å². The lowest BCUT2D eigenvalue weighted by molar-refractivity contribution is 1.18. The maximum Gasteiger partial charge on any atom is 0.0715 e. The molecule has 0 atom stereocenters. The zero-order chi connectivity index (χ0) is 35.1. The van der Waals surface area contributed by atoms with Crippen LogP contribution in [0, 0.1) is 0 Å². The summed E-state index contributed by atoms with van der Waals surface area (Å²) in [6.07, 6.45) is 0. The summed E-state index contributed by atoms with van der Waals surface area (Å²) in [5.41, 5.74) is 14.8. The summed E-state index contributed by atoms with van der Waals surface area (Å²) in [6.45, 7) is 0. The number of rotatable bonds is 6. The fourth-order valence-corrected chi connectivity index (χ4v) is 7.89. The van der Waals surface area contributed by atoms with Gasteiger partial charge in [0.1, 0.15) is 0 Å². The van der Waals surface area contributed by atoms with Gasteiger partial charge < -0.3 is 4.57 Å². The van der Waals surface area contributed by atoms with E-state index in [0.717, 1.165) is 39.3 Å². The number of hydrogen-bond acceptors (Lipinski definition) is 1. The van der Waals surface area contributed by atoms with Crippen molar-refractivity contribution in [1.82, 2.24) is 9.55 Å². The molecule has 10 aromatic rings. The molecule has 0 amide bonds. The van der Waals surface area contributed by atoms with Crippen LogP contribution in [0.5, 0.6) is 0 Å². The minimum Gasteiger partial charge on any atom is -0.309 e. The molecule has 0 aliphatic heterocycles. The van der Waals surface area contributed by atoms with Crippen molar-refractivity contribution in [1.29, 1.82) is 0 Å². The topological polar surface area (TPSA) is 17.8 Å². The van der Waals surface area contributed by atoms with Gasteiger partial charge in [-0.2, -0.15) is 0 Å². The Morgan fingerprint density at radius 1 is 0.283 bits per heavy atom. The van der Waals surface area contributed by atoms with E-state index in [1.807, 2.05) is 12.1 Å². The third-order valence-corrected chi connectivity index (χ3v) is 10.4. The molecule has 0 fully saturated rings. The Kier molecular flexibility index (Phi) is 7.51. The van der Waals surface area contributed by atoms with E-state index < -0.39 is 0 Å². The largest absolute Gasteiger partial charge is 0.309 e. The van der Waals surface area contributed by atoms with Gasteiger partial charge in [0.05, 0.1) is 22.4 Å². The molecule has 0 radical (unpaired) electrons. The lowest BCUT2D eigenvalue weighted by atomic mass is 9.90. The standard InChI is InChI=1S/C51H34N2/c1-3-15-35(16-4-1)48-33-40(34-49(52-48)36-17-5-2-6-18-36)37-19-13-20-38(31-37)42-29-30-43(45-24-8-7-23-44(42)45)39-21-14-22-41(32-39)53-50-27-11-9-25-46(50)47-26-10-12-28-51(47)53/h1-34H. The van der Waals surface area contributed by atoms with Crippen LogP contribution in [-0.2, 0) is 0 Å². The first-order chi connectivity index (χ1) is 26.3. The summed E-state index contributed by atoms with van der Waals surface area (Å²) in [5, 5.41) is 5.00. The summed E-state index contributed by atoms with van der Waals surface area (Å²) in [5.74, 6) is 0. The Morgan fingerprint density at radius 3 is 1.28 bits per heavy atom. The molecule has 0 aliphatic rings. The lowest BCUT2D eigenvalue weighted by Crippen LogP contribution is -1.94. The van der Waals surface area contributed by atoms with Crippen LogP contribution in [-0.4, -0.2) is 9.55 Å². The zero-order valence-corrected chi connectivity index (χ0v) is 29.0. The highest BCUT2D eigenvalue weighted by Gasteiger charge is 2.15. The third-order valence-electron chi connectivity index (χ3n) is 10.4. The van der Waals surface area contributed by atoms with E-state index in [1.165, 1.54) is 54.8 Å². The summed E-state index contributed by atoms with van der Waals surface area (Å²) < 4.78 is 2.39. The van der Waals surface area contributed by atoms with Crippen LogP contribution in [0.15, 0.2) is 206 Å². The second-order valence-corrected chi connectivity index (χ2v) is 13.6. The molecule has 0 unspecified atom stereocenters. The van der Waals surface area contributed by atoms with E-state index in [1.54, 1.807) is 0 Å². The summed E-state index contributed by atoms with van der Waals surface area (Å²) in [6, 6.07) is 74.0. The maximum atomic E-state index is 5.11. The molecule has 0 bridgehead atoms. The van der Waals surface area contributed by atoms with Gasteiger partial charge in [-0.3, -0.25) is 0 Å². The lowest BCUT2D eigenvalue weighted by Gasteiger charge is -2.15. The number of para-hydroxylation sites is 2. The maximum absolute atomic E-state index is 5.11. The molecule has 2 heteroatoms. The van der Waals surface area contributed by atoms with Gasteiger partial charge in [-0.1, -0.05) is 164 Å². The van der Waals surface area contributed by atoms with E-state index in [-0.39, 0.29) is 0 Å². The SMILES string of the molecule is c1ccc(-c2cc(-c3cccc(-c4ccc(-c5cccc(-n6c7ccccc7c7ccccc76)c5)c5ccccc45)c3)cc(-c3ccccc3)n2)cc1. The Morgan fingerprint density at radius 2 is 0.717 bits per heavy atom. The van der Waals surface area contributed by atoms with E-state index in [0.29, 0.717) is 0 Å². The Balaban J connectivity index is 1.08. The quantitative estimate of drug-likeness (QED) is 0.172. The molecule has 0 spiro atoms. The molecule has 53 heavy (non-hydrogen) atoms. The van der Waals surface area contributed by atoms with Gasteiger partial charge in [0.15, 0.2) is 0 Å². The minimum atomic E-state index is 0.963. The monoisotopic (exact) mass is 674 g/mol. The first-order valence-electron chi connectivity index (χ1n) is 18.1. The molecule has 2 nitrogen and oxygen atoms in total. The van der Waals surface area contributed by atoms with Crippen molar-refractivity contribution in [3.05, 3.63) is 206 Å². The first kappa shape index (κ1) is 30.8. The Hall–Kier alpha value is -7.03. The van der Waals surface area contributed by atoms with Crippen molar-refractivity contribution in [2.24, 2.45) is 0 Å². The van der Waals surface area contributed by atoms with Gasteiger partial charge in [-0.15, -0.1) is 0 Å². The van der Waals surface area contributed by atoms with Gasteiger partial charge in [0, 0.05) is 27.6 Å². The van der Waals surface area contributed by atoms with Crippen LogP contribution in [0.3, 0.4) is 0 Å². The third kappa shape index (κ3) is 5.49. The summed E-state index contributed by atoms with van der Waals surface area (Å²) >= 11 is 0. The van der Waals surface area contributed by atoms with Gasteiger partial charge in [0.2, 0.25) is 0 Å². The van der Waals surface area contributed by atoms with Crippen LogP contribution < -0.4 is 0 Å². The number of hydrogen-bond donors (Lipinski definition) is 0. The molecule has 248 valence electrons. The van der Waals surface area contributed by atoms with Crippen LogP contribution >= 0.6 is 0 Å². The second-order valence-electron chi connectivity index (χ2n) is 13.6. The zero-order valence-electron chi connectivity index (χ0n) is 29.0. The average Bonchev–Trinajstić information content (AvgIpc) is 3.58. The smallest absolute Gasteiger partial charge is 0.0715 e. The number of aromatic nitrogens is 2. The van der Waals surface area contributed by atoms with Crippen LogP contribution in [0.2, 0.25) is 0 Å². The van der Waals surface area contributed by atoms with E-state index in [2.05, 4.69) is 199 Å². The van der Waals surface area contributed by atoms with Gasteiger partial charge in [-0.05, 0) is 86.6 Å². The average molecular weight is 675 g/mol. The molecule has 0 saturated carbocycles. The van der Waals surface area contributed by atoms with Gasteiger partial charge >= 0.3 is 0 Å². The number of benzene rings is 8. The molecule has 10 rings (SSSR count). The van der Waals surface area contributed by atoms with E-state index >= 15 is 0 Å². The fraction of sp³-hybridized carbons (Fsp3) is 0. The molecular formula is C51H34N2. The second kappa shape index (κ2) is 12.9. The number of fused-ring (bicyclic) bond motifs is 4. The van der Waals surface area contributed by atoms with Gasteiger partial charge in [-0.25, -0.2) is 4.98 Å². The highest BCUT2D eigenvalue weighted by atomic mass is 15.0. The Bertz CT molecular complexity index is 2830. The van der Waals surface area contributed by atoms with Crippen molar-refractivity contribution in [3.63, 3.8) is 0 Å². The molecule has 2 heterocycles. The van der Waals surface area contributed by atoms with Crippen molar-refractivity contribution in [3.8, 4) is 61.6 Å². The summed E-state index contributed by atoms with van der Waals surface area (Å²) in [7, 11) is 0. The fourth-order valence-electron chi connectivity index (χ4n) is 7.89. The molecule has 0 saturated heterocycles. The van der Waals surface area contributed by atoms with Crippen molar-refractivity contribution >= 4 is 32.6 Å². The molecule has 2 aromatic heterocycles. The summed E-state index contributed by atoms with van der Waals surface area (Å²) in [4.78, 5) is 5.11. The van der Waals surface area contributed by atoms with Crippen molar-refractivity contribution in [2.75, 3.05) is 0 Å². The number of pyridine rings is 1. The molecule has 8 aromatic carbocycles. The van der Waals surface area contributed by atoms with Crippen LogP contribution in [0.1, 0.15) is 0 Å². The minimum absolute atomic E-state index is 0.963. The van der Waals surface area contributed by atoms with Crippen molar-refractivity contribution in [2.45, 2.75) is 0 Å². The predicted molar refractivity (Wildman–Crippen MR) is 223 cm³/mol. The van der Waals surface area contributed by atoms with Crippen LogP contribution in [0.4, 0.5) is 0 Å². The molecule has 0 aliphatic carbocycles. The van der Waals surface area contributed by atoms with E-state index in [4.69, 9.17) is 4.98 Å².